The van der Waals surface area contributed by atoms with Gasteiger partial charge in [0, 0.05) is 21.5 Å². The third-order valence-corrected chi connectivity index (χ3v) is 8.68. The fourth-order valence-corrected chi connectivity index (χ4v) is 6.41. The highest BCUT2D eigenvalue weighted by Gasteiger charge is 2.13. The first kappa shape index (κ1) is 24.7. The molecule has 0 N–H and O–H groups in total. The summed E-state index contributed by atoms with van der Waals surface area (Å²) in [6.07, 6.45) is 0. The topological polar surface area (TPSA) is 26.3 Å². The first-order chi connectivity index (χ1) is 21.8. The summed E-state index contributed by atoms with van der Waals surface area (Å²) in [4.78, 5) is 0. The van der Waals surface area contributed by atoms with Crippen LogP contribution in [0.4, 0.5) is 0 Å². The highest BCUT2D eigenvalue weighted by atomic mass is 16.3. The van der Waals surface area contributed by atoms with Gasteiger partial charge in [-0.1, -0.05) is 103 Å². The SMILES string of the molecule is c1ccc(-c2ccc3oc4ccc(-c5cccc(-c6ccc7oc8ccc(-c9ccccc9)cc8c7c6)c5)cc4c3c2)cc1. The number of benzene rings is 7. The van der Waals surface area contributed by atoms with Crippen LogP contribution in [-0.4, -0.2) is 0 Å². The molecular formula is C42H26O2. The van der Waals surface area contributed by atoms with E-state index in [1.54, 1.807) is 0 Å². The van der Waals surface area contributed by atoms with Crippen molar-refractivity contribution in [3.8, 4) is 44.5 Å². The minimum absolute atomic E-state index is 0.900. The lowest BCUT2D eigenvalue weighted by molar-refractivity contribution is 0.668. The molecule has 0 aliphatic carbocycles. The Kier molecular flexibility index (Phi) is 5.54. The maximum absolute atomic E-state index is 6.22. The molecule has 0 aliphatic rings. The molecule has 0 unspecified atom stereocenters. The molecule has 7 aromatic carbocycles. The van der Waals surface area contributed by atoms with Crippen molar-refractivity contribution < 1.29 is 8.83 Å². The van der Waals surface area contributed by atoms with Crippen molar-refractivity contribution >= 4 is 43.9 Å². The molecule has 0 saturated carbocycles. The summed E-state index contributed by atoms with van der Waals surface area (Å²) in [7, 11) is 0. The van der Waals surface area contributed by atoms with Gasteiger partial charge in [-0.25, -0.2) is 0 Å². The molecule has 2 heteroatoms. The van der Waals surface area contributed by atoms with Crippen LogP contribution in [0.3, 0.4) is 0 Å². The zero-order valence-electron chi connectivity index (χ0n) is 23.8. The van der Waals surface area contributed by atoms with E-state index in [0.29, 0.717) is 0 Å². The second kappa shape index (κ2) is 9.86. The lowest BCUT2D eigenvalue weighted by Crippen LogP contribution is -1.82. The molecule has 206 valence electrons. The Balaban J connectivity index is 1.12. The van der Waals surface area contributed by atoms with E-state index >= 15 is 0 Å². The van der Waals surface area contributed by atoms with Crippen molar-refractivity contribution in [1.82, 2.24) is 0 Å². The predicted molar refractivity (Wildman–Crippen MR) is 183 cm³/mol. The monoisotopic (exact) mass is 562 g/mol. The van der Waals surface area contributed by atoms with Crippen molar-refractivity contribution in [2.24, 2.45) is 0 Å². The van der Waals surface area contributed by atoms with E-state index in [1.165, 1.54) is 33.4 Å². The second-order valence-electron chi connectivity index (χ2n) is 11.4. The molecule has 2 aromatic heterocycles. The Morgan fingerprint density at radius 2 is 0.523 bits per heavy atom. The smallest absolute Gasteiger partial charge is 0.135 e. The normalized spacial score (nSPS) is 11.6. The Hall–Kier alpha value is -5.86. The van der Waals surface area contributed by atoms with Gasteiger partial charge in [-0.05, 0) is 99.1 Å². The standard InChI is InChI=1S/C42H26O2/c1-3-8-27(9-4-1)31-14-18-39-35(23-31)37-25-33(16-20-41(37)43-39)29-12-7-13-30(22-29)34-17-21-42-38(26-34)36-24-32(15-19-40(36)44-42)28-10-5-2-6-11-28/h1-26H. The summed E-state index contributed by atoms with van der Waals surface area (Å²) < 4.78 is 12.4. The van der Waals surface area contributed by atoms with E-state index in [1.807, 2.05) is 12.1 Å². The van der Waals surface area contributed by atoms with E-state index in [2.05, 4.69) is 146 Å². The number of fused-ring (bicyclic) bond motifs is 6. The Labute approximate surface area is 254 Å². The quantitative estimate of drug-likeness (QED) is 0.213. The van der Waals surface area contributed by atoms with Gasteiger partial charge in [0.1, 0.15) is 22.3 Å². The lowest BCUT2D eigenvalue weighted by Gasteiger charge is -2.07. The molecule has 2 nitrogen and oxygen atoms in total. The number of rotatable bonds is 4. The van der Waals surface area contributed by atoms with Crippen LogP contribution >= 0.6 is 0 Å². The van der Waals surface area contributed by atoms with E-state index in [0.717, 1.165) is 55.0 Å². The molecule has 0 radical (unpaired) electrons. The van der Waals surface area contributed by atoms with Crippen molar-refractivity contribution in [2.75, 3.05) is 0 Å². The highest BCUT2D eigenvalue weighted by Crippen LogP contribution is 2.38. The van der Waals surface area contributed by atoms with Gasteiger partial charge in [0.05, 0.1) is 0 Å². The molecule has 0 fully saturated rings. The van der Waals surface area contributed by atoms with E-state index in [-0.39, 0.29) is 0 Å². The number of hydrogen-bond acceptors (Lipinski definition) is 2. The lowest BCUT2D eigenvalue weighted by atomic mass is 9.96. The highest BCUT2D eigenvalue weighted by molar-refractivity contribution is 6.09. The molecule has 0 amide bonds. The summed E-state index contributed by atoms with van der Waals surface area (Å²) in [5.41, 5.74) is 13.0. The average Bonchev–Trinajstić information content (AvgIpc) is 3.65. The van der Waals surface area contributed by atoms with Crippen LogP contribution in [-0.2, 0) is 0 Å². The van der Waals surface area contributed by atoms with Gasteiger partial charge >= 0.3 is 0 Å². The Morgan fingerprint density at radius 1 is 0.227 bits per heavy atom. The minimum atomic E-state index is 0.900. The Bertz CT molecular complexity index is 2310. The van der Waals surface area contributed by atoms with Gasteiger partial charge in [-0.2, -0.15) is 0 Å². The van der Waals surface area contributed by atoms with Gasteiger partial charge in [-0.15, -0.1) is 0 Å². The third-order valence-electron chi connectivity index (χ3n) is 8.68. The number of hydrogen-bond donors (Lipinski definition) is 0. The minimum Gasteiger partial charge on any atom is -0.456 e. The molecule has 44 heavy (non-hydrogen) atoms. The van der Waals surface area contributed by atoms with Crippen molar-refractivity contribution in [3.05, 3.63) is 158 Å². The molecule has 0 spiro atoms. The second-order valence-corrected chi connectivity index (χ2v) is 11.4. The molecule has 9 rings (SSSR count). The van der Waals surface area contributed by atoms with Crippen LogP contribution in [0.5, 0.6) is 0 Å². The summed E-state index contributed by atoms with van der Waals surface area (Å²) in [5.74, 6) is 0. The summed E-state index contributed by atoms with van der Waals surface area (Å²) in [6, 6.07) is 55.7. The molecular weight excluding hydrogens is 536 g/mol. The van der Waals surface area contributed by atoms with Crippen LogP contribution in [0.2, 0.25) is 0 Å². The fraction of sp³-hybridized carbons (Fsp3) is 0. The zero-order chi connectivity index (χ0) is 29.0. The summed E-state index contributed by atoms with van der Waals surface area (Å²) in [5, 5.41) is 4.51. The molecule has 2 heterocycles. The average molecular weight is 563 g/mol. The van der Waals surface area contributed by atoms with Crippen LogP contribution in [0.25, 0.3) is 88.4 Å². The number of furan rings is 2. The van der Waals surface area contributed by atoms with Gasteiger partial charge in [-0.3, -0.25) is 0 Å². The molecule has 0 atom stereocenters. The predicted octanol–water partition coefficient (Wildman–Crippen LogP) is 12.2. The summed E-state index contributed by atoms with van der Waals surface area (Å²) >= 11 is 0. The molecule has 0 bridgehead atoms. The summed E-state index contributed by atoms with van der Waals surface area (Å²) in [6.45, 7) is 0. The molecule has 0 aliphatic heterocycles. The van der Waals surface area contributed by atoms with Crippen molar-refractivity contribution in [3.63, 3.8) is 0 Å². The fourth-order valence-electron chi connectivity index (χ4n) is 6.41. The van der Waals surface area contributed by atoms with Crippen LogP contribution in [0, 0.1) is 0 Å². The van der Waals surface area contributed by atoms with Crippen LogP contribution in [0.15, 0.2) is 167 Å². The molecule has 0 saturated heterocycles. The maximum Gasteiger partial charge on any atom is 0.135 e. The van der Waals surface area contributed by atoms with Crippen LogP contribution in [0.1, 0.15) is 0 Å². The largest absolute Gasteiger partial charge is 0.456 e. The van der Waals surface area contributed by atoms with Crippen molar-refractivity contribution in [1.29, 1.82) is 0 Å². The van der Waals surface area contributed by atoms with Gasteiger partial charge in [0.15, 0.2) is 0 Å². The van der Waals surface area contributed by atoms with Gasteiger partial charge in [0.25, 0.3) is 0 Å². The van der Waals surface area contributed by atoms with Gasteiger partial charge < -0.3 is 8.83 Å². The third kappa shape index (κ3) is 4.11. The first-order valence-corrected chi connectivity index (χ1v) is 14.9. The zero-order valence-corrected chi connectivity index (χ0v) is 23.8. The van der Waals surface area contributed by atoms with E-state index in [4.69, 9.17) is 8.83 Å². The van der Waals surface area contributed by atoms with Gasteiger partial charge in [0.2, 0.25) is 0 Å². The first-order valence-electron chi connectivity index (χ1n) is 14.9. The van der Waals surface area contributed by atoms with Crippen molar-refractivity contribution in [2.45, 2.75) is 0 Å². The van der Waals surface area contributed by atoms with Crippen LogP contribution < -0.4 is 0 Å². The van der Waals surface area contributed by atoms with E-state index in [9.17, 15) is 0 Å². The Morgan fingerprint density at radius 3 is 0.886 bits per heavy atom. The molecule has 9 aromatic rings. The van der Waals surface area contributed by atoms with E-state index < -0.39 is 0 Å². The maximum atomic E-state index is 6.22.